The van der Waals surface area contributed by atoms with Crippen LogP contribution in [0.3, 0.4) is 0 Å². The number of sulfonamides is 1. The van der Waals surface area contributed by atoms with Crippen LogP contribution in [0.15, 0.2) is 29.2 Å². The van der Waals surface area contributed by atoms with Crippen molar-refractivity contribution in [2.75, 3.05) is 13.1 Å². The molecular weight excluding hydrogens is 270 g/mol. The van der Waals surface area contributed by atoms with Gasteiger partial charge in [0.15, 0.2) is 4.90 Å². The molecule has 7 nitrogen and oxygen atoms in total. The van der Waals surface area contributed by atoms with E-state index in [1.165, 1.54) is 28.6 Å². The molecule has 104 valence electrons. The topological polar surface area (TPSA) is 107 Å². The van der Waals surface area contributed by atoms with Gasteiger partial charge < -0.3 is 5.73 Å². The third kappa shape index (κ3) is 2.46. The second-order valence-electron chi connectivity index (χ2n) is 4.69. The molecule has 2 rings (SSSR count). The quantitative estimate of drug-likeness (QED) is 0.645. The van der Waals surface area contributed by atoms with Crippen molar-refractivity contribution in [1.82, 2.24) is 4.31 Å². The largest absolute Gasteiger partial charge is 0.326 e. The van der Waals surface area contributed by atoms with Crippen LogP contribution < -0.4 is 5.73 Å². The number of hydrogen-bond acceptors (Lipinski definition) is 5. The summed E-state index contributed by atoms with van der Waals surface area (Å²) in [5.41, 5.74) is 5.39. The van der Waals surface area contributed by atoms with Crippen LogP contribution in [0.2, 0.25) is 0 Å². The van der Waals surface area contributed by atoms with Crippen molar-refractivity contribution < 1.29 is 13.3 Å². The Morgan fingerprint density at radius 1 is 1.37 bits per heavy atom. The normalized spacial score (nSPS) is 24.5. The lowest BCUT2D eigenvalue weighted by Gasteiger charge is -2.15. The number of benzene rings is 1. The second-order valence-corrected chi connectivity index (χ2v) is 6.59. The summed E-state index contributed by atoms with van der Waals surface area (Å²) in [6.45, 7) is 2.34. The average molecular weight is 285 g/mol. The average Bonchev–Trinajstić information content (AvgIpc) is 2.70. The summed E-state index contributed by atoms with van der Waals surface area (Å²) in [5, 5.41) is 10.9. The first-order valence-electron chi connectivity index (χ1n) is 5.83. The molecule has 2 atom stereocenters. The summed E-state index contributed by atoms with van der Waals surface area (Å²) in [6.07, 6.45) is 0. The van der Waals surface area contributed by atoms with Crippen molar-refractivity contribution in [1.29, 1.82) is 0 Å². The second kappa shape index (κ2) is 4.87. The Morgan fingerprint density at radius 2 is 2.00 bits per heavy atom. The fourth-order valence-corrected chi connectivity index (χ4v) is 3.84. The van der Waals surface area contributed by atoms with Crippen molar-refractivity contribution >= 4 is 15.7 Å². The fourth-order valence-electron chi connectivity index (χ4n) is 2.11. The minimum absolute atomic E-state index is 0.0394. The lowest BCUT2D eigenvalue weighted by molar-refractivity contribution is -0.387. The van der Waals surface area contributed by atoms with Gasteiger partial charge in [0.25, 0.3) is 5.69 Å². The maximum Gasteiger partial charge on any atom is 0.289 e. The van der Waals surface area contributed by atoms with Crippen LogP contribution in [-0.4, -0.2) is 36.8 Å². The summed E-state index contributed by atoms with van der Waals surface area (Å²) in [4.78, 5) is 9.95. The Morgan fingerprint density at radius 3 is 2.53 bits per heavy atom. The first kappa shape index (κ1) is 13.9. The molecule has 1 aliphatic rings. The highest BCUT2D eigenvalue weighted by Crippen LogP contribution is 2.29. The van der Waals surface area contributed by atoms with Gasteiger partial charge in [0.05, 0.1) is 4.92 Å². The molecule has 1 saturated heterocycles. The zero-order valence-corrected chi connectivity index (χ0v) is 11.2. The summed E-state index contributed by atoms with van der Waals surface area (Å²) in [7, 11) is -3.87. The molecule has 0 saturated carbocycles. The van der Waals surface area contributed by atoms with Crippen LogP contribution in [0, 0.1) is 16.0 Å². The van der Waals surface area contributed by atoms with Gasteiger partial charge >= 0.3 is 0 Å². The van der Waals surface area contributed by atoms with Crippen molar-refractivity contribution in [2.45, 2.75) is 17.9 Å². The van der Waals surface area contributed by atoms with E-state index in [9.17, 15) is 18.5 Å². The van der Waals surface area contributed by atoms with Crippen molar-refractivity contribution in [3.63, 3.8) is 0 Å². The summed E-state index contributed by atoms with van der Waals surface area (Å²) in [5.74, 6) is 0.0394. The zero-order valence-electron chi connectivity index (χ0n) is 10.4. The molecule has 0 aromatic heterocycles. The van der Waals surface area contributed by atoms with Gasteiger partial charge in [-0.05, 0) is 12.0 Å². The molecule has 1 fully saturated rings. The van der Waals surface area contributed by atoms with Crippen LogP contribution in [0.4, 0.5) is 5.69 Å². The van der Waals surface area contributed by atoms with E-state index in [1.54, 1.807) is 0 Å². The van der Waals surface area contributed by atoms with E-state index in [4.69, 9.17) is 5.73 Å². The molecule has 0 aliphatic carbocycles. The Balaban J connectivity index is 2.44. The SMILES string of the molecule is C[C@@H]1CN(S(=O)(=O)c2ccccc2[N+](=O)[O-])C[C@H]1N. The van der Waals surface area contributed by atoms with Gasteiger partial charge in [-0.1, -0.05) is 19.1 Å². The van der Waals surface area contributed by atoms with Gasteiger partial charge in [-0.3, -0.25) is 10.1 Å². The van der Waals surface area contributed by atoms with Gasteiger partial charge in [-0.25, -0.2) is 8.42 Å². The molecule has 1 aliphatic heterocycles. The van der Waals surface area contributed by atoms with E-state index in [2.05, 4.69) is 0 Å². The standard InChI is InChI=1S/C11H15N3O4S/c1-8-6-13(7-9(8)12)19(17,18)11-5-3-2-4-10(11)14(15)16/h2-5,8-9H,6-7,12H2,1H3/t8-,9-/m1/s1. The molecular formula is C11H15N3O4S. The molecule has 0 unspecified atom stereocenters. The van der Waals surface area contributed by atoms with Crippen molar-refractivity contribution in [3.05, 3.63) is 34.4 Å². The van der Waals surface area contributed by atoms with Crippen LogP contribution in [0.1, 0.15) is 6.92 Å². The lowest BCUT2D eigenvalue weighted by atomic mass is 10.1. The molecule has 8 heteroatoms. The van der Waals surface area contributed by atoms with Crippen LogP contribution in [0.5, 0.6) is 0 Å². The molecule has 2 N–H and O–H groups in total. The van der Waals surface area contributed by atoms with E-state index in [0.717, 1.165) is 0 Å². The van der Waals surface area contributed by atoms with Crippen LogP contribution in [0.25, 0.3) is 0 Å². The molecule has 0 bridgehead atoms. The molecule has 0 radical (unpaired) electrons. The number of para-hydroxylation sites is 1. The Bertz CT molecular complexity index is 592. The first-order chi connectivity index (χ1) is 8.84. The van der Waals surface area contributed by atoms with Gasteiger partial charge in [0.2, 0.25) is 10.0 Å². The van der Waals surface area contributed by atoms with Crippen molar-refractivity contribution in [3.8, 4) is 0 Å². The molecule has 0 amide bonds. The highest BCUT2D eigenvalue weighted by molar-refractivity contribution is 7.89. The Hall–Kier alpha value is -1.51. The Kier molecular flexibility index (Phi) is 3.57. The third-order valence-electron chi connectivity index (χ3n) is 3.32. The summed E-state index contributed by atoms with van der Waals surface area (Å²) >= 11 is 0. The predicted molar refractivity (Wildman–Crippen MR) is 69.0 cm³/mol. The van der Waals surface area contributed by atoms with Crippen LogP contribution >= 0.6 is 0 Å². The molecule has 19 heavy (non-hydrogen) atoms. The maximum atomic E-state index is 12.4. The van der Waals surface area contributed by atoms with Crippen molar-refractivity contribution in [2.24, 2.45) is 11.7 Å². The fraction of sp³-hybridized carbons (Fsp3) is 0.455. The minimum Gasteiger partial charge on any atom is -0.326 e. The van der Waals surface area contributed by atoms with E-state index in [1.807, 2.05) is 6.92 Å². The van der Waals surface area contributed by atoms with Gasteiger partial charge in [-0.15, -0.1) is 0 Å². The third-order valence-corrected chi connectivity index (χ3v) is 5.20. The number of nitro groups is 1. The number of nitro benzene ring substituents is 1. The highest BCUT2D eigenvalue weighted by atomic mass is 32.2. The summed E-state index contributed by atoms with van der Waals surface area (Å²) < 4.78 is 26.0. The summed E-state index contributed by atoms with van der Waals surface area (Å²) in [6, 6.07) is 5.11. The number of nitrogens with two attached hydrogens (primary N) is 1. The number of hydrogen-bond donors (Lipinski definition) is 1. The van der Waals surface area contributed by atoms with E-state index >= 15 is 0 Å². The van der Waals surface area contributed by atoms with Gasteiger partial charge in [-0.2, -0.15) is 4.31 Å². The van der Waals surface area contributed by atoms with E-state index < -0.39 is 20.6 Å². The predicted octanol–water partition coefficient (Wildman–Crippen LogP) is 0.563. The first-order valence-corrected chi connectivity index (χ1v) is 7.27. The number of nitrogens with zero attached hydrogens (tertiary/aromatic N) is 2. The minimum atomic E-state index is -3.87. The highest BCUT2D eigenvalue weighted by Gasteiger charge is 2.38. The molecule has 0 spiro atoms. The zero-order chi connectivity index (χ0) is 14.2. The molecule has 1 aromatic carbocycles. The Labute approximate surface area is 111 Å². The smallest absolute Gasteiger partial charge is 0.289 e. The monoisotopic (exact) mass is 285 g/mol. The van der Waals surface area contributed by atoms with Crippen LogP contribution in [-0.2, 0) is 10.0 Å². The molecule has 1 aromatic rings. The van der Waals surface area contributed by atoms with E-state index in [0.29, 0.717) is 0 Å². The van der Waals surface area contributed by atoms with Gasteiger partial charge in [0, 0.05) is 25.2 Å². The number of rotatable bonds is 3. The molecule has 1 heterocycles. The van der Waals surface area contributed by atoms with Gasteiger partial charge in [0.1, 0.15) is 0 Å². The van der Waals surface area contributed by atoms with E-state index in [-0.39, 0.29) is 29.9 Å². The maximum absolute atomic E-state index is 12.4. The lowest BCUT2D eigenvalue weighted by Crippen LogP contribution is -2.32.